The molecule has 104 valence electrons. The minimum Gasteiger partial charge on any atom is -0.495 e. The Bertz CT molecular complexity index is 761. The highest BCUT2D eigenvalue weighted by atomic mass is 16.5. The molecule has 0 aliphatic heterocycles. The molecule has 0 amide bonds. The fraction of sp³-hybridized carbons (Fsp3) is 0.0667. The van der Waals surface area contributed by atoms with E-state index in [0.29, 0.717) is 28.8 Å². The number of aromatic nitrogens is 4. The summed E-state index contributed by atoms with van der Waals surface area (Å²) in [5, 5.41) is 0. The summed E-state index contributed by atoms with van der Waals surface area (Å²) >= 11 is 0. The maximum Gasteiger partial charge on any atom is 0.180 e. The molecule has 0 unspecified atom stereocenters. The first-order chi connectivity index (χ1) is 10.3. The van der Waals surface area contributed by atoms with Gasteiger partial charge in [-0.1, -0.05) is 6.07 Å². The number of pyridine rings is 2. The monoisotopic (exact) mass is 279 g/mol. The van der Waals surface area contributed by atoms with Crippen molar-refractivity contribution in [3.63, 3.8) is 0 Å². The predicted octanol–water partition coefficient (Wildman–Crippen LogP) is 2.19. The van der Waals surface area contributed by atoms with E-state index in [4.69, 9.17) is 10.5 Å². The van der Waals surface area contributed by atoms with E-state index in [2.05, 4.69) is 19.9 Å². The average Bonchev–Trinajstić information content (AvgIpc) is 2.55. The number of methoxy groups -OCH3 is 1. The molecular formula is C15H13N5O. The van der Waals surface area contributed by atoms with Gasteiger partial charge in [0.15, 0.2) is 5.82 Å². The van der Waals surface area contributed by atoms with Gasteiger partial charge < -0.3 is 10.5 Å². The molecule has 0 spiro atoms. The molecule has 6 heteroatoms. The molecule has 0 aliphatic carbocycles. The van der Waals surface area contributed by atoms with Gasteiger partial charge in [0.05, 0.1) is 19.0 Å². The van der Waals surface area contributed by atoms with Crippen molar-refractivity contribution in [3.8, 4) is 28.5 Å². The number of anilines is 1. The Morgan fingerprint density at radius 1 is 1.05 bits per heavy atom. The van der Waals surface area contributed by atoms with Gasteiger partial charge in [-0.2, -0.15) is 0 Å². The predicted molar refractivity (Wildman–Crippen MR) is 79.5 cm³/mol. The summed E-state index contributed by atoms with van der Waals surface area (Å²) < 4.78 is 5.17. The van der Waals surface area contributed by atoms with Crippen molar-refractivity contribution in [1.29, 1.82) is 0 Å². The van der Waals surface area contributed by atoms with Gasteiger partial charge in [0.1, 0.15) is 17.3 Å². The van der Waals surface area contributed by atoms with Crippen molar-refractivity contribution >= 4 is 5.82 Å². The minimum atomic E-state index is 0.378. The van der Waals surface area contributed by atoms with Gasteiger partial charge in [0.25, 0.3) is 0 Å². The van der Waals surface area contributed by atoms with E-state index in [-0.39, 0.29) is 0 Å². The van der Waals surface area contributed by atoms with Crippen molar-refractivity contribution < 1.29 is 4.74 Å². The van der Waals surface area contributed by atoms with Crippen molar-refractivity contribution in [2.75, 3.05) is 12.8 Å². The zero-order chi connectivity index (χ0) is 14.7. The summed E-state index contributed by atoms with van der Waals surface area (Å²) in [6.07, 6.45) is 5.02. The lowest BCUT2D eigenvalue weighted by atomic mass is 10.2. The molecule has 0 aromatic carbocycles. The van der Waals surface area contributed by atoms with Gasteiger partial charge >= 0.3 is 0 Å². The lowest BCUT2D eigenvalue weighted by Crippen LogP contribution is -1.99. The van der Waals surface area contributed by atoms with E-state index in [0.717, 1.165) is 5.56 Å². The molecule has 2 N–H and O–H groups in total. The van der Waals surface area contributed by atoms with E-state index < -0.39 is 0 Å². The fourth-order valence-electron chi connectivity index (χ4n) is 1.89. The largest absolute Gasteiger partial charge is 0.495 e. The highest BCUT2D eigenvalue weighted by molar-refractivity contribution is 5.65. The Morgan fingerprint density at radius 2 is 1.95 bits per heavy atom. The molecule has 0 bridgehead atoms. The minimum absolute atomic E-state index is 0.378. The highest BCUT2D eigenvalue weighted by Gasteiger charge is 2.09. The van der Waals surface area contributed by atoms with E-state index in [1.54, 1.807) is 31.8 Å². The second-order valence-corrected chi connectivity index (χ2v) is 4.33. The first-order valence-corrected chi connectivity index (χ1v) is 6.31. The van der Waals surface area contributed by atoms with Crippen LogP contribution < -0.4 is 10.5 Å². The Balaban J connectivity index is 2.09. The Labute approximate surface area is 121 Å². The standard InChI is InChI=1S/C15H13N5O/c1-21-11-6-10(8-17-9-11)13-7-14(16)20-15(19-13)12-4-2-3-5-18-12/h2-9H,1H3,(H2,16,19,20). The summed E-state index contributed by atoms with van der Waals surface area (Å²) in [6, 6.07) is 9.09. The lowest BCUT2D eigenvalue weighted by molar-refractivity contribution is 0.413. The number of ether oxygens (including phenoxy) is 1. The van der Waals surface area contributed by atoms with Crippen LogP contribution in [0, 0.1) is 0 Å². The zero-order valence-electron chi connectivity index (χ0n) is 11.4. The van der Waals surface area contributed by atoms with Crippen LogP contribution in [0.5, 0.6) is 5.75 Å². The summed E-state index contributed by atoms with van der Waals surface area (Å²) in [5.74, 6) is 1.51. The summed E-state index contributed by atoms with van der Waals surface area (Å²) in [6.45, 7) is 0. The second-order valence-electron chi connectivity index (χ2n) is 4.33. The van der Waals surface area contributed by atoms with E-state index >= 15 is 0 Å². The van der Waals surface area contributed by atoms with Gasteiger partial charge in [-0.05, 0) is 18.2 Å². The van der Waals surface area contributed by atoms with Gasteiger partial charge in [-0.15, -0.1) is 0 Å². The fourth-order valence-corrected chi connectivity index (χ4v) is 1.89. The van der Waals surface area contributed by atoms with Crippen LogP contribution in [0.3, 0.4) is 0 Å². The van der Waals surface area contributed by atoms with E-state index in [1.807, 2.05) is 24.3 Å². The van der Waals surface area contributed by atoms with Crippen LogP contribution in [0.2, 0.25) is 0 Å². The molecule has 21 heavy (non-hydrogen) atoms. The topological polar surface area (TPSA) is 86.8 Å². The molecule has 3 rings (SSSR count). The SMILES string of the molecule is COc1cncc(-c2cc(N)nc(-c3ccccn3)n2)c1. The quantitative estimate of drug-likeness (QED) is 0.790. The maximum absolute atomic E-state index is 5.87. The van der Waals surface area contributed by atoms with E-state index in [9.17, 15) is 0 Å². The van der Waals surface area contributed by atoms with Gasteiger partial charge in [-0.3, -0.25) is 9.97 Å². The Kier molecular flexibility index (Phi) is 3.42. The molecule has 6 nitrogen and oxygen atoms in total. The second kappa shape index (κ2) is 5.54. The van der Waals surface area contributed by atoms with Crippen LogP contribution in [0.1, 0.15) is 0 Å². The molecular weight excluding hydrogens is 266 g/mol. The third-order valence-corrected chi connectivity index (χ3v) is 2.88. The van der Waals surface area contributed by atoms with Crippen LogP contribution >= 0.6 is 0 Å². The summed E-state index contributed by atoms with van der Waals surface area (Å²) in [5.41, 5.74) is 8.02. The lowest BCUT2D eigenvalue weighted by Gasteiger charge is -2.06. The number of nitrogen functional groups attached to an aromatic ring is 1. The van der Waals surface area contributed by atoms with Crippen molar-refractivity contribution in [2.45, 2.75) is 0 Å². The molecule has 3 heterocycles. The number of nitrogens with zero attached hydrogens (tertiary/aromatic N) is 4. The average molecular weight is 279 g/mol. The number of nitrogens with two attached hydrogens (primary N) is 1. The molecule has 3 aromatic rings. The van der Waals surface area contributed by atoms with Crippen molar-refractivity contribution in [3.05, 3.63) is 48.9 Å². The molecule has 3 aromatic heterocycles. The van der Waals surface area contributed by atoms with Crippen molar-refractivity contribution in [1.82, 2.24) is 19.9 Å². The normalized spacial score (nSPS) is 10.3. The van der Waals surface area contributed by atoms with Gasteiger partial charge in [0.2, 0.25) is 0 Å². The van der Waals surface area contributed by atoms with Crippen LogP contribution in [-0.2, 0) is 0 Å². The number of rotatable bonds is 3. The van der Waals surface area contributed by atoms with Crippen LogP contribution in [0.25, 0.3) is 22.8 Å². The molecule has 0 saturated carbocycles. The van der Waals surface area contributed by atoms with Crippen molar-refractivity contribution in [2.24, 2.45) is 0 Å². The maximum atomic E-state index is 5.87. The van der Waals surface area contributed by atoms with Gasteiger partial charge in [0, 0.05) is 24.0 Å². The van der Waals surface area contributed by atoms with Gasteiger partial charge in [-0.25, -0.2) is 9.97 Å². The molecule has 0 fully saturated rings. The highest BCUT2D eigenvalue weighted by Crippen LogP contribution is 2.24. The Hall–Kier alpha value is -3.02. The van der Waals surface area contributed by atoms with E-state index in [1.165, 1.54) is 0 Å². The first-order valence-electron chi connectivity index (χ1n) is 6.31. The smallest absolute Gasteiger partial charge is 0.180 e. The third kappa shape index (κ3) is 2.79. The molecule has 0 radical (unpaired) electrons. The molecule has 0 aliphatic rings. The molecule has 0 atom stereocenters. The molecule has 0 saturated heterocycles. The number of hydrogen-bond acceptors (Lipinski definition) is 6. The van der Waals surface area contributed by atoms with Crippen LogP contribution in [-0.4, -0.2) is 27.0 Å². The number of hydrogen-bond donors (Lipinski definition) is 1. The first kappa shape index (κ1) is 13.0. The van der Waals surface area contributed by atoms with Crippen LogP contribution in [0.4, 0.5) is 5.82 Å². The van der Waals surface area contributed by atoms with Crippen LogP contribution in [0.15, 0.2) is 48.9 Å². The Morgan fingerprint density at radius 3 is 2.71 bits per heavy atom. The zero-order valence-corrected chi connectivity index (χ0v) is 11.4. The third-order valence-electron chi connectivity index (χ3n) is 2.88. The summed E-state index contributed by atoms with van der Waals surface area (Å²) in [4.78, 5) is 17.1. The summed E-state index contributed by atoms with van der Waals surface area (Å²) in [7, 11) is 1.59.